The van der Waals surface area contributed by atoms with Gasteiger partial charge in [-0.25, -0.2) is 0 Å². The lowest BCUT2D eigenvalue weighted by Crippen LogP contribution is -2.42. The first-order valence-electron chi connectivity index (χ1n) is 5.45. The fraction of sp³-hybridized carbons (Fsp3) is 0.636. The van der Waals surface area contributed by atoms with Gasteiger partial charge in [-0.1, -0.05) is 12.2 Å². The van der Waals surface area contributed by atoms with Crippen LogP contribution in [0.5, 0.6) is 0 Å². The second-order valence-corrected chi connectivity index (χ2v) is 4.53. The quantitative estimate of drug-likeness (QED) is 0.359. The molecule has 86 valence electrons. The molecular formula is C11H13NO4. The Morgan fingerprint density at radius 1 is 1.62 bits per heavy atom. The predicted molar refractivity (Wildman–Crippen MR) is 53.4 cm³/mol. The molecule has 2 aliphatic carbocycles. The van der Waals surface area contributed by atoms with Gasteiger partial charge in [0.05, 0.1) is 18.4 Å². The number of hydrogen-bond acceptors (Lipinski definition) is 4. The number of nitrogens with one attached hydrogen (secondary N) is 1. The van der Waals surface area contributed by atoms with E-state index in [1.165, 1.54) is 0 Å². The van der Waals surface area contributed by atoms with Crippen LogP contribution in [0.15, 0.2) is 12.2 Å². The number of aliphatic hydroxyl groups is 1. The highest BCUT2D eigenvalue weighted by Crippen LogP contribution is 2.64. The zero-order valence-corrected chi connectivity index (χ0v) is 8.63. The lowest BCUT2D eigenvalue weighted by Gasteiger charge is -2.29. The number of carbonyl (C=O) groups is 2. The van der Waals surface area contributed by atoms with Crippen molar-refractivity contribution in [3.05, 3.63) is 12.2 Å². The Hall–Kier alpha value is -1.20. The lowest BCUT2D eigenvalue weighted by molar-refractivity contribution is -0.132. The molecule has 5 atom stereocenters. The fourth-order valence-corrected chi connectivity index (χ4v) is 2.98. The molecule has 0 aromatic carbocycles. The average Bonchev–Trinajstić information content (AvgIpc) is 2.98. The van der Waals surface area contributed by atoms with E-state index in [-0.39, 0.29) is 48.5 Å². The zero-order chi connectivity index (χ0) is 11.3. The molecule has 0 aromatic rings. The van der Waals surface area contributed by atoms with Crippen LogP contribution in [0, 0.1) is 17.8 Å². The molecule has 3 rings (SSSR count). The molecule has 1 saturated carbocycles. The Balaban J connectivity index is 1.77. The van der Waals surface area contributed by atoms with Crippen molar-refractivity contribution in [2.45, 2.75) is 11.7 Å². The standard InChI is InChI=1S/C11H13NO4/c13-4-3-12-10(15)8-6(5-14)9-11(16-9)2-1-7(8)11/h1-2,5-9,13H,3-4H2,(H,12,15). The van der Waals surface area contributed by atoms with Crippen LogP contribution in [0.25, 0.3) is 0 Å². The maximum absolute atomic E-state index is 11.9. The molecule has 5 heteroatoms. The van der Waals surface area contributed by atoms with Gasteiger partial charge in [0.1, 0.15) is 18.0 Å². The van der Waals surface area contributed by atoms with E-state index in [1.54, 1.807) is 0 Å². The van der Waals surface area contributed by atoms with Gasteiger partial charge in [-0.15, -0.1) is 0 Å². The summed E-state index contributed by atoms with van der Waals surface area (Å²) in [6.07, 6.45) is 4.60. The van der Waals surface area contributed by atoms with Crippen LogP contribution in [0.4, 0.5) is 0 Å². The first-order chi connectivity index (χ1) is 7.74. The number of amides is 1. The van der Waals surface area contributed by atoms with E-state index in [0.717, 1.165) is 6.29 Å². The Labute approximate surface area is 92.5 Å². The van der Waals surface area contributed by atoms with Crippen LogP contribution >= 0.6 is 0 Å². The van der Waals surface area contributed by atoms with Crippen LogP contribution in [0.3, 0.4) is 0 Å². The molecule has 2 N–H and O–H groups in total. The summed E-state index contributed by atoms with van der Waals surface area (Å²) in [6.45, 7) is 0.145. The first-order valence-corrected chi connectivity index (χ1v) is 5.45. The molecule has 0 radical (unpaired) electrons. The maximum Gasteiger partial charge on any atom is 0.224 e. The van der Waals surface area contributed by atoms with Gasteiger partial charge in [0.2, 0.25) is 5.91 Å². The number of hydrogen-bond donors (Lipinski definition) is 2. The highest BCUT2D eigenvalue weighted by molar-refractivity contribution is 5.85. The topological polar surface area (TPSA) is 78.9 Å². The summed E-state index contributed by atoms with van der Waals surface area (Å²) in [4.78, 5) is 22.9. The van der Waals surface area contributed by atoms with Crippen molar-refractivity contribution in [2.75, 3.05) is 13.2 Å². The first kappa shape index (κ1) is 9.99. The van der Waals surface area contributed by atoms with Gasteiger partial charge in [-0.2, -0.15) is 0 Å². The third kappa shape index (κ3) is 1.02. The highest BCUT2D eigenvalue weighted by atomic mass is 16.6. The number of carbonyl (C=O) groups excluding carboxylic acids is 2. The van der Waals surface area contributed by atoms with Crippen molar-refractivity contribution < 1.29 is 19.4 Å². The highest BCUT2D eigenvalue weighted by Gasteiger charge is 2.76. The molecular weight excluding hydrogens is 210 g/mol. The number of rotatable bonds is 4. The van der Waals surface area contributed by atoms with Crippen LogP contribution in [0.1, 0.15) is 0 Å². The molecule has 2 fully saturated rings. The average molecular weight is 223 g/mol. The molecule has 1 spiro atoms. The SMILES string of the molecule is O=CC1C(C(=O)NCCO)C2C=CC23OC13. The summed E-state index contributed by atoms with van der Waals surface area (Å²) in [7, 11) is 0. The fourth-order valence-electron chi connectivity index (χ4n) is 2.98. The molecule has 16 heavy (non-hydrogen) atoms. The Bertz CT molecular complexity index is 380. The smallest absolute Gasteiger partial charge is 0.224 e. The van der Waals surface area contributed by atoms with Crippen molar-refractivity contribution in [3.8, 4) is 0 Å². The second kappa shape index (κ2) is 3.15. The molecule has 5 unspecified atom stereocenters. The van der Waals surface area contributed by atoms with E-state index in [1.807, 2.05) is 12.2 Å². The normalized spacial score (nSPS) is 46.6. The molecule has 0 aromatic heterocycles. The minimum atomic E-state index is -0.348. The van der Waals surface area contributed by atoms with Gasteiger partial charge in [0.15, 0.2) is 0 Å². The summed E-state index contributed by atoms with van der Waals surface area (Å²) >= 11 is 0. The Morgan fingerprint density at radius 3 is 3.00 bits per heavy atom. The summed E-state index contributed by atoms with van der Waals surface area (Å²) in [6, 6.07) is 0. The van der Waals surface area contributed by atoms with Crippen LogP contribution in [0.2, 0.25) is 0 Å². The van der Waals surface area contributed by atoms with Gasteiger partial charge in [0.25, 0.3) is 0 Å². The molecule has 1 saturated heterocycles. The van der Waals surface area contributed by atoms with E-state index >= 15 is 0 Å². The van der Waals surface area contributed by atoms with Gasteiger partial charge in [0, 0.05) is 12.5 Å². The van der Waals surface area contributed by atoms with Crippen molar-refractivity contribution in [3.63, 3.8) is 0 Å². The second-order valence-electron chi connectivity index (χ2n) is 4.53. The maximum atomic E-state index is 11.9. The van der Waals surface area contributed by atoms with E-state index in [0.29, 0.717) is 0 Å². The molecule has 1 heterocycles. The van der Waals surface area contributed by atoms with Crippen molar-refractivity contribution >= 4 is 12.2 Å². The largest absolute Gasteiger partial charge is 0.395 e. The minimum Gasteiger partial charge on any atom is -0.395 e. The molecule has 5 nitrogen and oxygen atoms in total. The summed E-state index contributed by atoms with van der Waals surface area (Å²) in [5.74, 6) is -0.798. The van der Waals surface area contributed by atoms with Gasteiger partial charge in [-0.05, 0) is 0 Å². The van der Waals surface area contributed by atoms with Crippen LogP contribution in [-0.4, -0.2) is 42.2 Å². The van der Waals surface area contributed by atoms with Gasteiger partial charge in [-0.3, -0.25) is 4.79 Å². The third-order valence-electron chi connectivity index (χ3n) is 3.83. The third-order valence-corrected chi connectivity index (χ3v) is 3.83. The predicted octanol–water partition coefficient (Wildman–Crippen LogP) is -1.14. The molecule has 3 aliphatic rings. The molecule has 0 bridgehead atoms. The van der Waals surface area contributed by atoms with E-state index in [9.17, 15) is 9.59 Å². The molecule has 1 aliphatic heterocycles. The number of ether oxygens (including phenoxy) is 1. The lowest BCUT2D eigenvalue weighted by atomic mass is 9.77. The number of aldehydes is 1. The number of aliphatic hydroxyl groups excluding tert-OH is 1. The minimum absolute atomic E-state index is 0.0337. The Kier molecular flexibility index (Phi) is 1.96. The van der Waals surface area contributed by atoms with E-state index < -0.39 is 0 Å². The summed E-state index contributed by atoms with van der Waals surface area (Å²) in [5, 5.41) is 11.3. The van der Waals surface area contributed by atoms with Crippen LogP contribution in [-0.2, 0) is 14.3 Å². The van der Waals surface area contributed by atoms with E-state index in [2.05, 4.69) is 5.32 Å². The van der Waals surface area contributed by atoms with Crippen molar-refractivity contribution in [1.82, 2.24) is 5.32 Å². The monoisotopic (exact) mass is 223 g/mol. The van der Waals surface area contributed by atoms with Crippen LogP contribution < -0.4 is 5.32 Å². The summed E-state index contributed by atoms with van der Waals surface area (Å²) in [5.41, 5.74) is -0.313. The Morgan fingerprint density at radius 2 is 2.44 bits per heavy atom. The van der Waals surface area contributed by atoms with Gasteiger partial charge < -0.3 is 20.0 Å². The summed E-state index contributed by atoms with van der Waals surface area (Å²) < 4.78 is 5.48. The van der Waals surface area contributed by atoms with E-state index in [4.69, 9.17) is 9.84 Å². The zero-order valence-electron chi connectivity index (χ0n) is 8.63. The van der Waals surface area contributed by atoms with Gasteiger partial charge >= 0.3 is 0 Å². The van der Waals surface area contributed by atoms with Crippen molar-refractivity contribution in [2.24, 2.45) is 17.8 Å². The molecule has 1 amide bonds. The van der Waals surface area contributed by atoms with Crippen molar-refractivity contribution in [1.29, 1.82) is 0 Å². The number of epoxide rings is 1.